The van der Waals surface area contributed by atoms with Gasteiger partial charge in [0.25, 0.3) is 0 Å². The number of hydrogen-bond acceptors (Lipinski definition) is 4. The van der Waals surface area contributed by atoms with Crippen LogP contribution in [0.5, 0.6) is 11.5 Å². The summed E-state index contributed by atoms with van der Waals surface area (Å²) in [6.45, 7) is 7.34. The lowest BCUT2D eigenvalue weighted by molar-refractivity contribution is -0.106. The number of aryl methyl sites for hydroxylation is 1. The zero-order valence-electron chi connectivity index (χ0n) is 22.4. The van der Waals surface area contributed by atoms with Gasteiger partial charge in [-0.25, -0.2) is 0 Å². The van der Waals surface area contributed by atoms with Gasteiger partial charge in [0.2, 0.25) is 12.3 Å². The van der Waals surface area contributed by atoms with Crippen molar-refractivity contribution in [1.29, 1.82) is 0 Å². The summed E-state index contributed by atoms with van der Waals surface area (Å²) in [6, 6.07) is 35.4. The molecule has 4 aromatic carbocycles. The van der Waals surface area contributed by atoms with Gasteiger partial charge in [-0.2, -0.15) is 0 Å². The van der Waals surface area contributed by atoms with E-state index in [1.807, 2.05) is 93.6 Å². The molecule has 0 fully saturated rings. The number of hydrogen-bond donors (Lipinski definition) is 2. The van der Waals surface area contributed by atoms with Crippen LogP contribution in [0.2, 0.25) is 0 Å². The molecule has 0 radical (unpaired) electrons. The largest absolute Gasteiger partial charge is 0.457 e. The van der Waals surface area contributed by atoms with Gasteiger partial charge in [-0.3, -0.25) is 9.59 Å². The van der Waals surface area contributed by atoms with Crippen LogP contribution in [0.25, 0.3) is 0 Å². The van der Waals surface area contributed by atoms with Crippen molar-refractivity contribution >= 4 is 12.3 Å². The van der Waals surface area contributed by atoms with Crippen molar-refractivity contribution in [3.05, 3.63) is 131 Å². The number of carbonyl (C=O) groups excluding carboxylic acids is 2. The van der Waals surface area contributed by atoms with Crippen molar-refractivity contribution < 1.29 is 19.1 Å². The van der Waals surface area contributed by atoms with Gasteiger partial charge in [-0.05, 0) is 60.9 Å². The Labute approximate surface area is 226 Å². The summed E-state index contributed by atoms with van der Waals surface area (Å²) in [5, 5.41) is 0. The number of para-hydroxylation sites is 1. The Bertz CT molecular complexity index is 1150. The molecule has 6 heteroatoms. The first-order valence-corrected chi connectivity index (χ1v) is 12.5. The van der Waals surface area contributed by atoms with Gasteiger partial charge in [0.1, 0.15) is 11.5 Å². The molecule has 4 N–H and O–H groups in total. The van der Waals surface area contributed by atoms with Gasteiger partial charge in [0, 0.05) is 5.56 Å². The van der Waals surface area contributed by atoms with Crippen LogP contribution >= 0.6 is 0 Å². The fraction of sp³-hybridized carbons (Fsp3) is 0.188. The van der Waals surface area contributed by atoms with E-state index in [0.717, 1.165) is 23.5 Å². The highest BCUT2D eigenvalue weighted by Gasteiger charge is 1.99. The Morgan fingerprint density at radius 2 is 1.24 bits per heavy atom. The standard InChI is InChI=1S/C21H20O2.C8H9NO.C2H6.CH3NO/c1-3-7-19(8-4-1)17-22-16-15-18-11-13-21(14-12-18)23-20-9-5-2-6-10-20;1-6-2-4-7(5-3-6)8(9)10;1-2;2-1-3/h1-14H,15-17H2;2-5H,1H3,(H2,9,10);1-2H3;1H,(H2,2,3). The first-order valence-electron chi connectivity index (χ1n) is 12.5. The Morgan fingerprint density at radius 1 is 0.737 bits per heavy atom. The highest BCUT2D eigenvalue weighted by atomic mass is 16.5. The summed E-state index contributed by atoms with van der Waals surface area (Å²) in [6.07, 6.45) is 1.15. The molecule has 6 nitrogen and oxygen atoms in total. The summed E-state index contributed by atoms with van der Waals surface area (Å²) >= 11 is 0. The predicted octanol–water partition coefficient (Wildman–Crippen LogP) is 6.46. The maximum atomic E-state index is 10.5. The first kappa shape index (κ1) is 31.6. The van der Waals surface area contributed by atoms with Crippen LogP contribution in [0.3, 0.4) is 0 Å². The average molecular weight is 515 g/mol. The monoisotopic (exact) mass is 514 g/mol. The number of ether oxygens (including phenoxy) is 2. The van der Waals surface area contributed by atoms with Crippen LogP contribution in [0.4, 0.5) is 0 Å². The molecular formula is C32H38N2O4. The summed E-state index contributed by atoms with van der Waals surface area (Å²) in [5.74, 6) is 1.33. The van der Waals surface area contributed by atoms with E-state index in [2.05, 4.69) is 30.0 Å². The van der Waals surface area contributed by atoms with Gasteiger partial charge in [0.15, 0.2) is 0 Å². The molecule has 0 heterocycles. The lowest BCUT2D eigenvalue weighted by atomic mass is 10.1. The van der Waals surface area contributed by atoms with E-state index in [9.17, 15) is 4.79 Å². The van der Waals surface area contributed by atoms with Gasteiger partial charge < -0.3 is 20.9 Å². The molecule has 0 bridgehead atoms. The zero-order valence-corrected chi connectivity index (χ0v) is 22.4. The SMILES string of the molecule is CC.Cc1ccc(C(N)=O)cc1.NC=O.c1ccc(COCCc2ccc(Oc3ccccc3)cc2)cc1. The second-order valence-electron chi connectivity index (χ2n) is 7.71. The second-order valence-corrected chi connectivity index (χ2v) is 7.71. The number of nitrogens with two attached hydrogens (primary N) is 2. The summed E-state index contributed by atoms with van der Waals surface area (Å²) in [7, 11) is 0. The van der Waals surface area contributed by atoms with Crippen LogP contribution in [0.1, 0.15) is 40.9 Å². The number of rotatable bonds is 8. The Hall–Kier alpha value is -4.42. The van der Waals surface area contributed by atoms with Crippen LogP contribution in [-0.4, -0.2) is 18.9 Å². The van der Waals surface area contributed by atoms with Crippen molar-refractivity contribution in [2.45, 2.75) is 33.8 Å². The van der Waals surface area contributed by atoms with Crippen LogP contribution in [0, 0.1) is 6.92 Å². The topological polar surface area (TPSA) is 105 Å². The molecule has 0 spiro atoms. The van der Waals surface area contributed by atoms with E-state index in [0.29, 0.717) is 18.8 Å². The Morgan fingerprint density at radius 3 is 1.76 bits per heavy atom. The Kier molecular flexibility index (Phi) is 16.4. The van der Waals surface area contributed by atoms with Crippen molar-refractivity contribution in [2.24, 2.45) is 11.5 Å². The minimum absolute atomic E-state index is 0.250. The van der Waals surface area contributed by atoms with Gasteiger partial charge in [0.05, 0.1) is 13.2 Å². The molecule has 0 aliphatic heterocycles. The minimum Gasteiger partial charge on any atom is -0.457 e. The summed E-state index contributed by atoms with van der Waals surface area (Å²) in [5.41, 5.74) is 13.3. The van der Waals surface area contributed by atoms with E-state index < -0.39 is 0 Å². The van der Waals surface area contributed by atoms with E-state index in [4.69, 9.17) is 20.0 Å². The quantitative estimate of drug-likeness (QED) is 0.208. The first-order chi connectivity index (χ1) is 18.5. The third-order valence-electron chi connectivity index (χ3n) is 4.88. The maximum absolute atomic E-state index is 10.5. The molecule has 0 unspecified atom stereocenters. The van der Waals surface area contributed by atoms with E-state index in [1.54, 1.807) is 12.1 Å². The fourth-order valence-corrected chi connectivity index (χ4v) is 3.02. The van der Waals surface area contributed by atoms with Gasteiger partial charge in [-0.15, -0.1) is 0 Å². The molecular weight excluding hydrogens is 476 g/mol. The molecule has 38 heavy (non-hydrogen) atoms. The maximum Gasteiger partial charge on any atom is 0.248 e. The van der Waals surface area contributed by atoms with Crippen LogP contribution in [-0.2, 0) is 22.6 Å². The number of benzene rings is 4. The normalized spacial score (nSPS) is 9.24. The lowest BCUT2D eigenvalue weighted by Gasteiger charge is -2.07. The van der Waals surface area contributed by atoms with E-state index >= 15 is 0 Å². The third-order valence-corrected chi connectivity index (χ3v) is 4.88. The minimum atomic E-state index is -0.375. The van der Waals surface area contributed by atoms with Crippen LogP contribution < -0.4 is 16.2 Å². The molecule has 200 valence electrons. The number of amides is 2. The second kappa shape index (κ2) is 19.7. The smallest absolute Gasteiger partial charge is 0.248 e. The molecule has 0 atom stereocenters. The van der Waals surface area contributed by atoms with Crippen molar-refractivity contribution in [1.82, 2.24) is 0 Å². The van der Waals surface area contributed by atoms with Crippen molar-refractivity contribution in [3.8, 4) is 11.5 Å². The number of carbonyl (C=O) groups is 2. The third kappa shape index (κ3) is 13.6. The molecule has 2 amide bonds. The highest BCUT2D eigenvalue weighted by molar-refractivity contribution is 5.92. The molecule has 4 rings (SSSR count). The molecule has 4 aromatic rings. The van der Waals surface area contributed by atoms with Crippen molar-refractivity contribution in [2.75, 3.05) is 6.61 Å². The molecule has 0 aromatic heterocycles. The molecule has 0 saturated heterocycles. The van der Waals surface area contributed by atoms with Gasteiger partial charge in [-0.1, -0.05) is 92.2 Å². The fourth-order valence-electron chi connectivity index (χ4n) is 3.02. The van der Waals surface area contributed by atoms with E-state index in [1.165, 1.54) is 11.1 Å². The highest BCUT2D eigenvalue weighted by Crippen LogP contribution is 2.21. The molecule has 0 aliphatic carbocycles. The molecule has 0 aliphatic rings. The lowest BCUT2D eigenvalue weighted by Crippen LogP contribution is -2.10. The van der Waals surface area contributed by atoms with E-state index in [-0.39, 0.29) is 12.3 Å². The van der Waals surface area contributed by atoms with Gasteiger partial charge >= 0.3 is 0 Å². The summed E-state index contributed by atoms with van der Waals surface area (Å²) < 4.78 is 11.5. The number of primary amides is 2. The van der Waals surface area contributed by atoms with Crippen LogP contribution in [0.15, 0.2) is 109 Å². The zero-order chi connectivity index (χ0) is 28.0. The predicted molar refractivity (Wildman–Crippen MR) is 154 cm³/mol. The summed E-state index contributed by atoms with van der Waals surface area (Å²) in [4.78, 5) is 19.1. The Balaban J connectivity index is 0.000000401. The molecule has 0 saturated carbocycles. The average Bonchev–Trinajstić information content (AvgIpc) is 2.95. The van der Waals surface area contributed by atoms with Crippen molar-refractivity contribution in [3.63, 3.8) is 0 Å².